The Morgan fingerprint density at radius 3 is 2.86 bits per heavy atom. The fourth-order valence-electron chi connectivity index (χ4n) is 3.66. The van der Waals surface area contributed by atoms with Crippen LogP contribution in [0.25, 0.3) is 10.2 Å². The molecule has 0 radical (unpaired) electrons. The molecule has 1 fully saturated rings. The molecule has 0 atom stereocenters. The minimum atomic E-state index is 0.0580. The van der Waals surface area contributed by atoms with Gasteiger partial charge in [0, 0.05) is 10.9 Å². The predicted molar refractivity (Wildman–Crippen MR) is 86.0 cm³/mol. The van der Waals surface area contributed by atoms with Gasteiger partial charge in [0.2, 0.25) is 0 Å². The first kappa shape index (κ1) is 13.5. The lowest BCUT2D eigenvalue weighted by molar-refractivity contribution is 0.514. The number of nitrogens with zero attached hydrogens (tertiary/aromatic N) is 1. The van der Waals surface area contributed by atoms with Crippen molar-refractivity contribution >= 4 is 21.6 Å². The molecule has 2 aromatic heterocycles. The van der Waals surface area contributed by atoms with Crippen LogP contribution in [0.15, 0.2) is 4.79 Å². The van der Waals surface area contributed by atoms with Gasteiger partial charge in [-0.05, 0) is 44.1 Å². The zero-order chi connectivity index (χ0) is 14.2. The van der Waals surface area contributed by atoms with Crippen molar-refractivity contribution < 1.29 is 0 Å². The Kier molecular flexibility index (Phi) is 3.55. The predicted octanol–water partition coefficient (Wildman–Crippen LogP) is 2.90. The van der Waals surface area contributed by atoms with E-state index in [0.29, 0.717) is 12.6 Å². The van der Waals surface area contributed by atoms with Gasteiger partial charge in [-0.1, -0.05) is 12.8 Å². The van der Waals surface area contributed by atoms with E-state index in [1.165, 1.54) is 49.0 Å². The molecule has 21 heavy (non-hydrogen) atoms. The van der Waals surface area contributed by atoms with Crippen LogP contribution >= 0.6 is 11.3 Å². The standard InChI is InChI=1S/C16H21N3OS/c20-15-14-11-7-3-4-8-12(11)21-16(14)19-13(18-15)9-17-10-5-1-2-6-10/h10,17H,1-9H2,(H,18,19,20). The molecule has 0 spiro atoms. The van der Waals surface area contributed by atoms with Crippen molar-refractivity contribution in [2.75, 3.05) is 0 Å². The minimum Gasteiger partial charge on any atom is -0.309 e. The van der Waals surface area contributed by atoms with Gasteiger partial charge < -0.3 is 10.3 Å². The summed E-state index contributed by atoms with van der Waals surface area (Å²) < 4.78 is 0. The first-order valence-electron chi connectivity index (χ1n) is 8.08. The molecule has 0 aliphatic heterocycles. The van der Waals surface area contributed by atoms with Crippen LogP contribution < -0.4 is 10.9 Å². The van der Waals surface area contributed by atoms with Gasteiger partial charge >= 0.3 is 0 Å². The Morgan fingerprint density at radius 2 is 2.00 bits per heavy atom. The van der Waals surface area contributed by atoms with E-state index >= 15 is 0 Å². The van der Waals surface area contributed by atoms with Crippen molar-refractivity contribution in [1.29, 1.82) is 0 Å². The molecule has 0 saturated heterocycles. The summed E-state index contributed by atoms with van der Waals surface area (Å²) >= 11 is 1.73. The number of fused-ring (bicyclic) bond motifs is 3. The summed E-state index contributed by atoms with van der Waals surface area (Å²) in [6.45, 7) is 0.679. The van der Waals surface area contributed by atoms with Crippen LogP contribution in [-0.2, 0) is 19.4 Å². The van der Waals surface area contributed by atoms with Crippen molar-refractivity contribution in [3.8, 4) is 0 Å². The fraction of sp³-hybridized carbons (Fsp3) is 0.625. The highest BCUT2D eigenvalue weighted by Gasteiger charge is 2.20. The lowest BCUT2D eigenvalue weighted by Gasteiger charge is -2.11. The zero-order valence-corrected chi connectivity index (χ0v) is 13.0. The second kappa shape index (κ2) is 5.54. The Labute approximate surface area is 128 Å². The van der Waals surface area contributed by atoms with Gasteiger partial charge in [-0.15, -0.1) is 11.3 Å². The zero-order valence-electron chi connectivity index (χ0n) is 12.2. The Balaban J connectivity index is 1.64. The monoisotopic (exact) mass is 303 g/mol. The second-order valence-electron chi connectivity index (χ2n) is 6.27. The fourth-order valence-corrected chi connectivity index (χ4v) is 4.94. The highest BCUT2D eigenvalue weighted by atomic mass is 32.1. The maximum atomic E-state index is 12.4. The number of aryl methyl sites for hydroxylation is 2. The van der Waals surface area contributed by atoms with E-state index in [-0.39, 0.29) is 5.56 Å². The van der Waals surface area contributed by atoms with Gasteiger partial charge in [-0.2, -0.15) is 0 Å². The third kappa shape index (κ3) is 2.53. The molecule has 0 unspecified atom stereocenters. The molecule has 2 aromatic rings. The number of nitrogens with one attached hydrogen (secondary N) is 2. The molecule has 2 aliphatic rings. The summed E-state index contributed by atoms with van der Waals surface area (Å²) in [5, 5.41) is 4.38. The average Bonchev–Trinajstić information content (AvgIpc) is 3.12. The summed E-state index contributed by atoms with van der Waals surface area (Å²) in [7, 11) is 0. The van der Waals surface area contributed by atoms with E-state index in [1.54, 1.807) is 11.3 Å². The molecular weight excluding hydrogens is 282 g/mol. The number of thiophene rings is 1. The molecule has 5 heteroatoms. The number of aromatic amines is 1. The Morgan fingerprint density at radius 1 is 1.19 bits per heavy atom. The van der Waals surface area contributed by atoms with E-state index in [1.807, 2.05) is 0 Å². The summed E-state index contributed by atoms with van der Waals surface area (Å²) in [6.07, 6.45) is 9.73. The highest BCUT2D eigenvalue weighted by Crippen LogP contribution is 2.33. The van der Waals surface area contributed by atoms with Crippen LogP contribution in [0.2, 0.25) is 0 Å². The first-order chi connectivity index (χ1) is 10.3. The van der Waals surface area contributed by atoms with Crippen LogP contribution in [0.1, 0.15) is 54.8 Å². The maximum Gasteiger partial charge on any atom is 0.259 e. The van der Waals surface area contributed by atoms with Crippen molar-refractivity contribution in [2.45, 2.75) is 64.0 Å². The van der Waals surface area contributed by atoms with Gasteiger partial charge in [0.1, 0.15) is 10.7 Å². The number of hydrogen-bond acceptors (Lipinski definition) is 4. The molecule has 0 amide bonds. The van der Waals surface area contributed by atoms with Crippen LogP contribution in [0, 0.1) is 0 Å². The Hall–Kier alpha value is -1.20. The SMILES string of the molecule is O=c1[nH]c(CNC2CCCC2)nc2sc3c(c12)CCCC3. The van der Waals surface area contributed by atoms with Gasteiger partial charge in [-0.3, -0.25) is 4.79 Å². The second-order valence-corrected chi connectivity index (χ2v) is 7.35. The highest BCUT2D eigenvalue weighted by molar-refractivity contribution is 7.18. The molecule has 4 nitrogen and oxygen atoms in total. The number of aromatic nitrogens is 2. The van der Waals surface area contributed by atoms with E-state index < -0.39 is 0 Å². The molecule has 2 N–H and O–H groups in total. The quantitative estimate of drug-likeness (QED) is 0.916. The molecule has 112 valence electrons. The minimum absolute atomic E-state index is 0.0580. The molecule has 0 aromatic carbocycles. The number of hydrogen-bond donors (Lipinski definition) is 2. The van der Waals surface area contributed by atoms with Gasteiger partial charge in [-0.25, -0.2) is 4.98 Å². The first-order valence-corrected chi connectivity index (χ1v) is 8.90. The smallest absolute Gasteiger partial charge is 0.259 e. The largest absolute Gasteiger partial charge is 0.309 e. The van der Waals surface area contributed by atoms with Crippen LogP contribution in [0.4, 0.5) is 0 Å². The molecule has 4 rings (SSSR count). The van der Waals surface area contributed by atoms with Gasteiger partial charge in [0.15, 0.2) is 0 Å². The van der Waals surface area contributed by atoms with Crippen molar-refractivity contribution in [2.24, 2.45) is 0 Å². The van der Waals surface area contributed by atoms with E-state index in [0.717, 1.165) is 28.9 Å². The van der Waals surface area contributed by atoms with Crippen molar-refractivity contribution in [1.82, 2.24) is 15.3 Å². The molecule has 0 bridgehead atoms. The maximum absolute atomic E-state index is 12.4. The van der Waals surface area contributed by atoms with Crippen LogP contribution in [0.5, 0.6) is 0 Å². The summed E-state index contributed by atoms with van der Waals surface area (Å²) in [5.41, 5.74) is 1.33. The lowest BCUT2D eigenvalue weighted by Crippen LogP contribution is -2.27. The molecule has 2 aliphatic carbocycles. The summed E-state index contributed by atoms with van der Waals surface area (Å²) in [4.78, 5) is 22.4. The van der Waals surface area contributed by atoms with Gasteiger partial charge in [0.05, 0.1) is 11.9 Å². The van der Waals surface area contributed by atoms with Gasteiger partial charge in [0.25, 0.3) is 5.56 Å². The molecule has 2 heterocycles. The van der Waals surface area contributed by atoms with Crippen LogP contribution in [0.3, 0.4) is 0 Å². The summed E-state index contributed by atoms with van der Waals surface area (Å²) in [6, 6.07) is 0.600. The van der Waals surface area contributed by atoms with E-state index in [9.17, 15) is 4.79 Å². The average molecular weight is 303 g/mol. The lowest BCUT2D eigenvalue weighted by atomic mass is 9.97. The number of H-pyrrole nitrogens is 1. The number of rotatable bonds is 3. The third-order valence-corrected chi connectivity index (χ3v) is 5.97. The van der Waals surface area contributed by atoms with Crippen molar-refractivity contribution in [3.63, 3.8) is 0 Å². The topological polar surface area (TPSA) is 57.8 Å². The summed E-state index contributed by atoms with van der Waals surface area (Å²) in [5.74, 6) is 0.790. The third-order valence-electron chi connectivity index (χ3n) is 4.79. The van der Waals surface area contributed by atoms with E-state index in [2.05, 4.69) is 10.3 Å². The van der Waals surface area contributed by atoms with Crippen molar-refractivity contribution in [3.05, 3.63) is 26.6 Å². The van der Waals surface area contributed by atoms with E-state index in [4.69, 9.17) is 4.98 Å². The molecule has 1 saturated carbocycles. The Bertz CT molecular complexity index is 712. The molecular formula is C16H21N3OS. The normalized spacial score (nSPS) is 19.2. The van der Waals surface area contributed by atoms with Crippen LogP contribution in [-0.4, -0.2) is 16.0 Å².